The number of hydrogen-bond acceptors (Lipinski definition) is 2. The highest BCUT2D eigenvalue weighted by molar-refractivity contribution is 6.02. The third-order valence-corrected chi connectivity index (χ3v) is 4.23. The molecule has 0 amide bonds. The maximum atomic E-state index is 13.8. The van der Waals surface area contributed by atoms with Crippen LogP contribution in [0.4, 0.5) is 13.2 Å². The highest BCUT2D eigenvalue weighted by Crippen LogP contribution is 2.26. The van der Waals surface area contributed by atoms with Gasteiger partial charge in [0.2, 0.25) is 0 Å². The number of ketones is 1. The van der Waals surface area contributed by atoms with Crippen LogP contribution in [0.15, 0.2) is 12.1 Å². The minimum absolute atomic E-state index is 0.386. The van der Waals surface area contributed by atoms with Crippen LogP contribution in [0, 0.1) is 17.5 Å². The van der Waals surface area contributed by atoms with Crippen molar-refractivity contribution in [2.75, 3.05) is 13.1 Å². The molecule has 0 bridgehead atoms. The molecule has 0 unspecified atom stereocenters. The summed E-state index contributed by atoms with van der Waals surface area (Å²) in [5, 5.41) is 0. The maximum Gasteiger partial charge on any atom is 0.195 e. The summed E-state index contributed by atoms with van der Waals surface area (Å²) in [6.07, 6.45) is 4.19. The summed E-state index contributed by atoms with van der Waals surface area (Å²) in [7, 11) is 0. The lowest BCUT2D eigenvalue weighted by atomic mass is 9.90. The van der Waals surface area contributed by atoms with Crippen molar-refractivity contribution in [3.05, 3.63) is 35.1 Å². The van der Waals surface area contributed by atoms with Gasteiger partial charge >= 0.3 is 0 Å². The molecule has 2 rings (SSSR count). The summed E-state index contributed by atoms with van der Waals surface area (Å²) >= 11 is 0. The van der Waals surface area contributed by atoms with E-state index in [0.29, 0.717) is 0 Å². The molecule has 2 nitrogen and oxygen atoms in total. The van der Waals surface area contributed by atoms with Gasteiger partial charge in [0.05, 0.1) is 11.1 Å². The van der Waals surface area contributed by atoms with E-state index in [4.69, 9.17) is 0 Å². The molecule has 1 aromatic rings. The minimum Gasteiger partial charge on any atom is -0.292 e. The van der Waals surface area contributed by atoms with E-state index in [1.807, 2.05) is 4.90 Å². The van der Waals surface area contributed by atoms with E-state index in [1.165, 1.54) is 0 Å². The van der Waals surface area contributed by atoms with Gasteiger partial charge < -0.3 is 0 Å². The largest absolute Gasteiger partial charge is 0.292 e. The van der Waals surface area contributed by atoms with Gasteiger partial charge in [0.15, 0.2) is 23.2 Å². The molecule has 5 heteroatoms. The van der Waals surface area contributed by atoms with Crippen LogP contribution in [-0.4, -0.2) is 29.3 Å². The van der Waals surface area contributed by atoms with Crippen LogP contribution in [0.25, 0.3) is 0 Å². The third kappa shape index (κ3) is 3.12. The molecule has 0 aromatic heterocycles. The predicted molar refractivity (Wildman–Crippen MR) is 74.8 cm³/mol. The number of benzene rings is 1. The van der Waals surface area contributed by atoms with E-state index in [2.05, 4.69) is 0 Å². The fourth-order valence-electron chi connectivity index (χ4n) is 2.80. The Morgan fingerprint density at radius 3 is 2.14 bits per heavy atom. The Morgan fingerprint density at radius 2 is 1.57 bits per heavy atom. The van der Waals surface area contributed by atoms with E-state index in [-0.39, 0.29) is 5.56 Å². The molecule has 0 N–H and O–H groups in total. The number of Topliss-reactive ketones (excluding diaryl/α,β-unsaturated/α-hetero) is 1. The Morgan fingerprint density at radius 1 is 1.00 bits per heavy atom. The predicted octanol–water partition coefficient (Wildman–Crippen LogP) is 3.94. The zero-order valence-electron chi connectivity index (χ0n) is 12.4. The quantitative estimate of drug-likeness (QED) is 0.622. The van der Waals surface area contributed by atoms with E-state index >= 15 is 0 Å². The van der Waals surface area contributed by atoms with Gasteiger partial charge in [-0.3, -0.25) is 9.69 Å². The molecule has 1 saturated heterocycles. The Bertz CT molecular complexity index is 535. The van der Waals surface area contributed by atoms with Crippen molar-refractivity contribution in [3.8, 4) is 0 Å². The Labute approximate surface area is 122 Å². The van der Waals surface area contributed by atoms with Gasteiger partial charge in [0.1, 0.15) is 0 Å². The van der Waals surface area contributed by atoms with Crippen LogP contribution < -0.4 is 0 Å². The monoisotopic (exact) mass is 299 g/mol. The molecule has 0 spiro atoms. The first-order valence-corrected chi connectivity index (χ1v) is 7.29. The first kappa shape index (κ1) is 16.0. The van der Waals surface area contributed by atoms with Crippen LogP contribution in [-0.2, 0) is 0 Å². The normalized spacial score (nSPS) is 17.6. The number of hydrogen-bond donors (Lipinski definition) is 0. The van der Waals surface area contributed by atoms with Gasteiger partial charge in [-0.2, -0.15) is 0 Å². The zero-order chi connectivity index (χ0) is 15.6. The molecule has 1 aliphatic rings. The number of nitrogens with zero attached hydrogens (tertiary/aromatic N) is 1. The fourth-order valence-corrected chi connectivity index (χ4v) is 2.80. The van der Waals surface area contributed by atoms with Crippen molar-refractivity contribution in [2.45, 2.75) is 45.1 Å². The summed E-state index contributed by atoms with van der Waals surface area (Å²) in [6, 6.07) is 1.82. The second-order valence-corrected chi connectivity index (χ2v) is 6.01. The fraction of sp³-hybridized carbons (Fsp3) is 0.562. The Balaban J connectivity index is 2.31. The number of carbonyl (C=O) groups is 1. The number of likely N-dealkylation sites (tertiary alicyclic amines) is 1. The van der Waals surface area contributed by atoms with Gasteiger partial charge in [-0.1, -0.05) is 12.8 Å². The van der Waals surface area contributed by atoms with Crippen molar-refractivity contribution in [1.82, 2.24) is 4.90 Å². The smallest absolute Gasteiger partial charge is 0.195 e. The molecule has 1 fully saturated rings. The zero-order valence-corrected chi connectivity index (χ0v) is 12.4. The summed E-state index contributed by atoms with van der Waals surface area (Å²) in [4.78, 5) is 14.6. The lowest BCUT2D eigenvalue weighted by Gasteiger charge is -2.36. The van der Waals surface area contributed by atoms with Crippen LogP contribution in [0.1, 0.15) is 49.9 Å². The minimum atomic E-state index is -1.59. The van der Waals surface area contributed by atoms with E-state index < -0.39 is 28.8 Å². The highest BCUT2D eigenvalue weighted by Gasteiger charge is 2.37. The van der Waals surface area contributed by atoms with Crippen molar-refractivity contribution in [3.63, 3.8) is 0 Å². The molecule has 116 valence electrons. The molecule has 1 heterocycles. The average Bonchev–Trinajstić information content (AvgIpc) is 2.74. The molecule has 0 saturated carbocycles. The van der Waals surface area contributed by atoms with Crippen molar-refractivity contribution >= 4 is 5.78 Å². The van der Waals surface area contributed by atoms with E-state index in [9.17, 15) is 18.0 Å². The molecule has 1 aliphatic heterocycles. The van der Waals surface area contributed by atoms with Crippen LogP contribution in [0.5, 0.6) is 0 Å². The number of rotatable bonds is 3. The van der Waals surface area contributed by atoms with E-state index in [0.717, 1.165) is 50.9 Å². The van der Waals surface area contributed by atoms with Gasteiger partial charge in [-0.15, -0.1) is 0 Å². The van der Waals surface area contributed by atoms with Crippen molar-refractivity contribution in [2.24, 2.45) is 0 Å². The topological polar surface area (TPSA) is 20.3 Å². The Kier molecular flexibility index (Phi) is 4.71. The summed E-state index contributed by atoms with van der Waals surface area (Å²) in [5.41, 5.74) is -1.32. The lowest BCUT2D eigenvalue weighted by molar-refractivity contribution is 0.0644. The molecule has 0 aliphatic carbocycles. The average molecular weight is 299 g/mol. The van der Waals surface area contributed by atoms with Crippen molar-refractivity contribution in [1.29, 1.82) is 0 Å². The standard InChI is InChI=1S/C16H20F3NO/c1-16(2,20-9-5-3-4-6-10-20)15(21)11-7-8-12(17)14(19)13(11)18/h7-8H,3-6,9-10H2,1-2H3. The lowest BCUT2D eigenvalue weighted by Crippen LogP contribution is -2.50. The van der Waals surface area contributed by atoms with Crippen LogP contribution in [0.3, 0.4) is 0 Å². The second kappa shape index (κ2) is 6.18. The SMILES string of the molecule is CC(C)(C(=O)c1ccc(F)c(F)c1F)N1CCCCCC1. The number of carbonyl (C=O) groups excluding carboxylic acids is 1. The van der Waals surface area contributed by atoms with Crippen molar-refractivity contribution < 1.29 is 18.0 Å². The third-order valence-electron chi connectivity index (χ3n) is 4.23. The molecular formula is C16H20F3NO. The summed E-state index contributed by atoms with van der Waals surface area (Å²) in [5.74, 6) is -4.78. The van der Waals surface area contributed by atoms with Crippen LogP contribution >= 0.6 is 0 Å². The Hall–Kier alpha value is -1.36. The molecule has 0 atom stereocenters. The van der Waals surface area contributed by atoms with Crippen LogP contribution in [0.2, 0.25) is 0 Å². The number of halogens is 3. The molecule has 0 radical (unpaired) electrons. The first-order valence-electron chi connectivity index (χ1n) is 7.29. The molecular weight excluding hydrogens is 279 g/mol. The molecule has 21 heavy (non-hydrogen) atoms. The highest BCUT2D eigenvalue weighted by atomic mass is 19.2. The van der Waals surface area contributed by atoms with Gasteiger partial charge in [-0.05, 0) is 51.9 Å². The van der Waals surface area contributed by atoms with E-state index in [1.54, 1.807) is 13.8 Å². The summed E-state index contributed by atoms with van der Waals surface area (Å²) in [6.45, 7) is 4.93. The first-order chi connectivity index (χ1) is 9.85. The summed E-state index contributed by atoms with van der Waals surface area (Å²) < 4.78 is 40.2. The molecule has 1 aromatic carbocycles. The maximum absolute atomic E-state index is 13.8. The van der Waals surface area contributed by atoms with Gasteiger partial charge in [0.25, 0.3) is 0 Å². The van der Waals surface area contributed by atoms with Gasteiger partial charge in [0, 0.05) is 0 Å². The second-order valence-electron chi connectivity index (χ2n) is 6.01. The van der Waals surface area contributed by atoms with Gasteiger partial charge in [-0.25, -0.2) is 13.2 Å².